The lowest BCUT2D eigenvalue weighted by atomic mass is 10.1. The maximum absolute atomic E-state index is 12.8. The van der Waals surface area contributed by atoms with Crippen LogP contribution in [0.15, 0.2) is 48.5 Å². The smallest absolute Gasteiger partial charge is 0.259 e. The molecule has 0 unspecified atom stereocenters. The van der Waals surface area contributed by atoms with Crippen molar-refractivity contribution >= 4 is 34.8 Å². The summed E-state index contributed by atoms with van der Waals surface area (Å²) in [5, 5.41) is 0.904. The Morgan fingerprint density at radius 2 is 1.81 bits per heavy atom. The average molecular weight is 322 g/mol. The maximum atomic E-state index is 12.8. The van der Waals surface area contributed by atoms with Crippen molar-refractivity contribution < 1.29 is 4.79 Å². The number of nitrogens with zero attached hydrogens (tertiary/aromatic N) is 1. The number of anilines is 1. The van der Waals surface area contributed by atoms with Crippen LogP contribution in [0.5, 0.6) is 0 Å². The van der Waals surface area contributed by atoms with E-state index in [0.29, 0.717) is 22.2 Å². The number of carbonyl (C=O) groups excluding carboxylic acids is 1. The van der Waals surface area contributed by atoms with Crippen molar-refractivity contribution in [3.63, 3.8) is 0 Å². The van der Waals surface area contributed by atoms with E-state index in [1.54, 1.807) is 23.1 Å². The molecule has 0 heterocycles. The van der Waals surface area contributed by atoms with Crippen LogP contribution in [0.2, 0.25) is 10.0 Å². The summed E-state index contributed by atoms with van der Waals surface area (Å²) in [6.45, 7) is 2.77. The van der Waals surface area contributed by atoms with E-state index in [0.717, 1.165) is 18.5 Å². The second kappa shape index (κ2) is 7.48. The Labute approximate surface area is 135 Å². The van der Waals surface area contributed by atoms with Crippen molar-refractivity contribution in [1.29, 1.82) is 0 Å². The predicted octanol–water partition coefficient (Wildman–Crippen LogP) is 5.44. The van der Waals surface area contributed by atoms with Crippen molar-refractivity contribution in [1.82, 2.24) is 0 Å². The van der Waals surface area contributed by atoms with Gasteiger partial charge in [-0.25, -0.2) is 0 Å². The Morgan fingerprint density at radius 3 is 2.43 bits per heavy atom. The van der Waals surface area contributed by atoms with Crippen molar-refractivity contribution in [3.8, 4) is 0 Å². The number of amides is 1. The van der Waals surface area contributed by atoms with E-state index < -0.39 is 0 Å². The Balaban J connectivity index is 2.34. The molecule has 0 aliphatic rings. The molecule has 2 aromatic carbocycles. The van der Waals surface area contributed by atoms with Crippen LogP contribution in [0.3, 0.4) is 0 Å². The molecule has 0 aromatic heterocycles. The van der Waals surface area contributed by atoms with E-state index in [2.05, 4.69) is 6.92 Å². The summed E-state index contributed by atoms with van der Waals surface area (Å²) in [5.41, 5.74) is 1.35. The van der Waals surface area contributed by atoms with E-state index in [4.69, 9.17) is 23.2 Å². The quantitative estimate of drug-likeness (QED) is 0.718. The zero-order chi connectivity index (χ0) is 15.2. The van der Waals surface area contributed by atoms with Crippen LogP contribution in [0.4, 0.5) is 5.69 Å². The SMILES string of the molecule is CCCCN(C(=O)c1ccc(Cl)cc1Cl)c1ccccc1. The molecule has 0 fully saturated rings. The number of halogens is 2. The molecule has 0 spiro atoms. The molecule has 4 heteroatoms. The fourth-order valence-corrected chi connectivity index (χ4v) is 2.57. The summed E-state index contributed by atoms with van der Waals surface area (Å²) in [5.74, 6) is -0.101. The van der Waals surface area contributed by atoms with Gasteiger partial charge in [0, 0.05) is 17.3 Å². The first-order valence-electron chi connectivity index (χ1n) is 6.95. The minimum atomic E-state index is -0.101. The van der Waals surface area contributed by atoms with Crippen LogP contribution in [0.1, 0.15) is 30.1 Å². The molecule has 0 N–H and O–H groups in total. The topological polar surface area (TPSA) is 20.3 Å². The predicted molar refractivity (Wildman–Crippen MR) is 89.5 cm³/mol. The first kappa shape index (κ1) is 15.9. The molecule has 2 aromatic rings. The molecule has 0 bridgehead atoms. The van der Waals surface area contributed by atoms with Crippen molar-refractivity contribution in [2.75, 3.05) is 11.4 Å². The van der Waals surface area contributed by atoms with Gasteiger partial charge in [-0.3, -0.25) is 4.79 Å². The number of hydrogen-bond acceptors (Lipinski definition) is 1. The summed E-state index contributed by atoms with van der Waals surface area (Å²) in [4.78, 5) is 14.5. The van der Waals surface area contributed by atoms with Gasteiger partial charge in [0.05, 0.1) is 10.6 Å². The fraction of sp³-hybridized carbons (Fsp3) is 0.235. The van der Waals surface area contributed by atoms with Gasteiger partial charge in [0.2, 0.25) is 0 Å². The molecule has 0 aliphatic carbocycles. The van der Waals surface area contributed by atoms with Gasteiger partial charge in [-0.05, 0) is 36.8 Å². The van der Waals surface area contributed by atoms with Gasteiger partial charge >= 0.3 is 0 Å². The first-order chi connectivity index (χ1) is 10.1. The van der Waals surface area contributed by atoms with Gasteiger partial charge < -0.3 is 4.90 Å². The third-order valence-corrected chi connectivity index (χ3v) is 3.76. The summed E-state index contributed by atoms with van der Waals surface area (Å²) in [6.07, 6.45) is 1.96. The highest BCUT2D eigenvalue weighted by atomic mass is 35.5. The van der Waals surface area contributed by atoms with Crippen LogP contribution >= 0.6 is 23.2 Å². The van der Waals surface area contributed by atoms with Gasteiger partial charge in [0.1, 0.15) is 0 Å². The van der Waals surface area contributed by atoms with E-state index >= 15 is 0 Å². The zero-order valence-corrected chi connectivity index (χ0v) is 13.4. The largest absolute Gasteiger partial charge is 0.308 e. The summed E-state index contributed by atoms with van der Waals surface area (Å²) >= 11 is 12.1. The van der Waals surface area contributed by atoms with Crippen LogP contribution in [0.25, 0.3) is 0 Å². The second-order valence-electron chi connectivity index (χ2n) is 4.77. The summed E-state index contributed by atoms with van der Waals surface area (Å²) < 4.78 is 0. The number of para-hydroxylation sites is 1. The van der Waals surface area contributed by atoms with Gasteiger partial charge in [-0.1, -0.05) is 54.7 Å². The number of rotatable bonds is 5. The van der Waals surface area contributed by atoms with E-state index in [1.807, 2.05) is 30.3 Å². The Kier molecular flexibility index (Phi) is 5.66. The van der Waals surface area contributed by atoms with Gasteiger partial charge in [-0.15, -0.1) is 0 Å². The van der Waals surface area contributed by atoms with E-state index in [1.165, 1.54) is 0 Å². The third kappa shape index (κ3) is 3.99. The van der Waals surface area contributed by atoms with Crippen molar-refractivity contribution in [2.45, 2.75) is 19.8 Å². The van der Waals surface area contributed by atoms with Crippen molar-refractivity contribution in [2.24, 2.45) is 0 Å². The van der Waals surface area contributed by atoms with E-state index in [-0.39, 0.29) is 5.91 Å². The molecule has 21 heavy (non-hydrogen) atoms. The fourth-order valence-electron chi connectivity index (χ4n) is 2.08. The molecule has 0 saturated heterocycles. The molecule has 0 saturated carbocycles. The van der Waals surface area contributed by atoms with Gasteiger partial charge in [0.15, 0.2) is 0 Å². The normalized spacial score (nSPS) is 10.4. The molecule has 2 nitrogen and oxygen atoms in total. The average Bonchev–Trinajstić information content (AvgIpc) is 2.48. The minimum Gasteiger partial charge on any atom is -0.308 e. The van der Waals surface area contributed by atoms with Crippen LogP contribution < -0.4 is 4.90 Å². The standard InChI is InChI=1S/C17H17Cl2NO/c1-2-3-11-20(14-7-5-4-6-8-14)17(21)15-10-9-13(18)12-16(15)19/h4-10,12H,2-3,11H2,1H3. The molecule has 2 rings (SSSR count). The Hall–Kier alpha value is -1.51. The molecule has 0 aliphatic heterocycles. The maximum Gasteiger partial charge on any atom is 0.259 e. The zero-order valence-electron chi connectivity index (χ0n) is 11.9. The molecular formula is C17H17Cl2NO. The number of unbranched alkanes of at least 4 members (excludes halogenated alkanes) is 1. The van der Waals surface area contributed by atoms with Crippen LogP contribution in [0, 0.1) is 0 Å². The highest BCUT2D eigenvalue weighted by Crippen LogP contribution is 2.25. The second-order valence-corrected chi connectivity index (χ2v) is 5.61. The minimum absolute atomic E-state index is 0.101. The number of benzene rings is 2. The number of carbonyl (C=O) groups is 1. The van der Waals surface area contributed by atoms with E-state index in [9.17, 15) is 4.79 Å². The molecule has 110 valence electrons. The highest BCUT2D eigenvalue weighted by Gasteiger charge is 2.19. The lowest BCUT2D eigenvalue weighted by molar-refractivity contribution is 0.0986. The Morgan fingerprint density at radius 1 is 1.10 bits per heavy atom. The molecule has 1 amide bonds. The number of hydrogen-bond donors (Lipinski definition) is 0. The Bertz CT molecular complexity index is 613. The summed E-state index contributed by atoms with van der Waals surface area (Å²) in [6, 6.07) is 14.6. The highest BCUT2D eigenvalue weighted by molar-refractivity contribution is 6.37. The van der Waals surface area contributed by atoms with Crippen molar-refractivity contribution in [3.05, 3.63) is 64.1 Å². The first-order valence-corrected chi connectivity index (χ1v) is 7.71. The monoisotopic (exact) mass is 321 g/mol. The third-order valence-electron chi connectivity index (χ3n) is 3.21. The molecular weight excluding hydrogens is 305 g/mol. The lowest BCUT2D eigenvalue weighted by Gasteiger charge is -2.23. The van der Waals surface area contributed by atoms with Crippen LogP contribution in [-0.4, -0.2) is 12.5 Å². The molecule has 0 radical (unpaired) electrons. The van der Waals surface area contributed by atoms with Gasteiger partial charge in [0.25, 0.3) is 5.91 Å². The van der Waals surface area contributed by atoms with Crippen LogP contribution in [-0.2, 0) is 0 Å². The lowest BCUT2D eigenvalue weighted by Crippen LogP contribution is -2.32. The molecule has 0 atom stereocenters. The summed E-state index contributed by atoms with van der Waals surface area (Å²) in [7, 11) is 0. The van der Waals surface area contributed by atoms with Gasteiger partial charge in [-0.2, -0.15) is 0 Å².